The minimum Gasteiger partial charge on any atom is -0.381 e. The zero-order chi connectivity index (χ0) is 19.1. The number of hydrogen-bond donors (Lipinski definition) is 2. The lowest BCUT2D eigenvalue weighted by atomic mass is 9.92. The first-order valence-electron chi connectivity index (χ1n) is 9.24. The van der Waals surface area contributed by atoms with E-state index < -0.39 is 16.8 Å². The van der Waals surface area contributed by atoms with Crippen molar-refractivity contribution >= 4 is 22.4 Å². The minimum atomic E-state index is -1.01. The number of amides is 1. The fourth-order valence-corrected chi connectivity index (χ4v) is 4.47. The molecule has 2 unspecified atom stereocenters. The summed E-state index contributed by atoms with van der Waals surface area (Å²) in [6, 6.07) is 16.8. The first-order chi connectivity index (χ1) is 13.1. The lowest BCUT2D eigenvalue weighted by molar-refractivity contribution is -0.119. The van der Waals surface area contributed by atoms with Gasteiger partial charge in [0, 0.05) is 41.2 Å². The van der Waals surface area contributed by atoms with Crippen molar-refractivity contribution < 1.29 is 13.7 Å². The summed E-state index contributed by atoms with van der Waals surface area (Å²) in [6.45, 7) is 1.32. The number of carbonyl (C=O) groups is 1. The van der Waals surface area contributed by atoms with Crippen LogP contribution in [0.1, 0.15) is 24.0 Å². The van der Waals surface area contributed by atoms with Crippen LogP contribution < -0.4 is 11.1 Å². The topological polar surface area (TPSA) is 81.4 Å². The second kappa shape index (κ2) is 9.78. The Bertz CT molecular complexity index is 776. The summed E-state index contributed by atoms with van der Waals surface area (Å²) < 4.78 is 17.7. The van der Waals surface area contributed by atoms with Crippen LogP contribution in [-0.2, 0) is 31.8 Å². The fraction of sp³-hybridized carbons (Fsp3) is 0.381. The lowest BCUT2D eigenvalue weighted by Gasteiger charge is -2.26. The van der Waals surface area contributed by atoms with Gasteiger partial charge in [0.15, 0.2) is 0 Å². The molecular formula is C21H26N2O3S. The van der Waals surface area contributed by atoms with Gasteiger partial charge < -0.3 is 15.8 Å². The molecule has 0 saturated carbocycles. The van der Waals surface area contributed by atoms with E-state index in [-0.39, 0.29) is 11.8 Å². The van der Waals surface area contributed by atoms with Crippen molar-refractivity contribution in [2.75, 3.05) is 18.5 Å². The molecule has 0 aliphatic carbocycles. The van der Waals surface area contributed by atoms with Gasteiger partial charge in [-0.2, -0.15) is 0 Å². The number of nitrogens with two attached hydrogens (primary N) is 1. The molecule has 27 heavy (non-hydrogen) atoms. The standard InChI is InChI=1S/C21H26N2O3S/c22-20(18-9-11-26-12-10-18)21(24)23-19-8-4-7-17(13-19)15-27(25)14-16-5-2-1-3-6-16/h1-8,13,18,20H,9-12,14-15,22H2,(H,23,24). The van der Waals surface area contributed by atoms with E-state index >= 15 is 0 Å². The zero-order valence-electron chi connectivity index (χ0n) is 15.3. The van der Waals surface area contributed by atoms with Gasteiger partial charge in [0.25, 0.3) is 0 Å². The number of anilines is 1. The van der Waals surface area contributed by atoms with E-state index in [1.807, 2.05) is 54.6 Å². The summed E-state index contributed by atoms with van der Waals surface area (Å²) >= 11 is 0. The van der Waals surface area contributed by atoms with E-state index in [9.17, 15) is 9.00 Å². The molecule has 3 rings (SSSR count). The van der Waals surface area contributed by atoms with E-state index in [0.717, 1.165) is 24.0 Å². The second-order valence-corrected chi connectivity index (χ2v) is 8.34. The summed E-state index contributed by atoms with van der Waals surface area (Å²) in [5.41, 5.74) is 8.81. The van der Waals surface area contributed by atoms with Crippen LogP contribution in [0.5, 0.6) is 0 Å². The van der Waals surface area contributed by atoms with Crippen LogP contribution in [0.4, 0.5) is 5.69 Å². The zero-order valence-corrected chi connectivity index (χ0v) is 16.1. The maximum atomic E-state index is 12.4. The Morgan fingerprint density at radius 1 is 1.07 bits per heavy atom. The van der Waals surface area contributed by atoms with Gasteiger partial charge in [0.2, 0.25) is 5.91 Å². The maximum Gasteiger partial charge on any atom is 0.241 e. The highest BCUT2D eigenvalue weighted by atomic mass is 32.2. The molecule has 1 fully saturated rings. The third kappa shape index (κ3) is 5.99. The number of nitrogens with one attached hydrogen (secondary N) is 1. The molecule has 1 saturated heterocycles. The van der Waals surface area contributed by atoms with E-state index in [1.165, 1.54) is 0 Å². The van der Waals surface area contributed by atoms with Crippen LogP contribution in [0.3, 0.4) is 0 Å². The molecule has 2 atom stereocenters. The Morgan fingerprint density at radius 2 is 1.74 bits per heavy atom. The van der Waals surface area contributed by atoms with Crippen molar-refractivity contribution in [1.29, 1.82) is 0 Å². The average Bonchev–Trinajstić information content (AvgIpc) is 2.69. The van der Waals surface area contributed by atoms with Gasteiger partial charge in [0.05, 0.1) is 6.04 Å². The maximum absolute atomic E-state index is 12.4. The average molecular weight is 387 g/mol. The fourth-order valence-electron chi connectivity index (χ4n) is 3.25. The van der Waals surface area contributed by atoms with Crippen molar-refractivity contribution in [3.05, 3.63) is 65.7 Å². The molecule has 1 aliphatic rings. The van der Waals surface area contributed by atoms with E-state index in [2.05, 4.69) is 5.32 Å². The summed E-state index contributed by atoms with van der Waals surface area (Å²) in [5, 5.41) is 2.90. The highest BCUT2D eigenvalue weighted by molar-refractivity contribution is 7.83. The Hall–Kier alpha value is -2.02. The van der Waals surface area contributed by atoms with Gasteiger partial charge in [-0.15, -0.1) is 0 Å². The quantitative estimate of drug-likeness (QED) is 0.767. The van der Waals surface area contributed by atoms with Gasteiger partial charge in [-0.3, -0.25) is 9.00 Å². The van der Waals surface area contributed by atoms with E-state index in [1.54, 1.807) is 0 Å². The third-order valence-corrected chi connectivity index (χ3v) is 6.08. The van der Waals surface area contributed by atoms with Crippen molar-refractivity contribution in [3.8, 4) is 0 Å². The van der Waals surface area contributed by atoms with Crippen molar-refractivity contribution in [1.82, 2.24) is 0 Å². The number of ether oxygens (including phenoxy) is 1. The van der Waals surface area contributed by atoms with Gasteiger partial charge in [-0.1, -0.05) is 42.5 Å². The van der Waals surface area contributed by atoms with Crippen LogP contribution in [0, 0.1) is 5.92 Å². The monoisotopic (exact) mass is 386 g/mol. The predicted octanol–water partition coefficient (Wildman–Crippen LogP) is 2.83. The molecule has 5 nitrogen and oxygen atoms in total. The first-order valence-corrected chi connectivity index (χ1v) is 10.7. The molecule has 0 aromatic heterocycles. The highest BCUT2D eigenvalue weighted by Gasteiger charge is 2.26. The van der Waals surface area contributed by atoms with Gasteiger partial charge in [-0.05, 0) is 42.0 Å². The van der Waals surface area contributed by atoms with Gasteiger partial charge in [0.1, 0.15) is 0 Å². The predicted molar refractivity (Wildman–Crippen MR) is 109 cm³/mol. The van der Waals surface area contributed by atoms with Crippen molar-refractivity contribution in [2.45, 2.75) is 30.4 Å². The first kappa shape index (κ1) is 19.7. The molecule has 1 aliphatic heterocycles. The minimum absolute atomic E-state index is 0.153. The van der Waals surface area contributed by atoms with Crippen LogP contribution in [0.2, 0.25) is 0 Å². The highest BCUT2D eigenvalue weighted by Crippen LogP contribution is 2.20. The molecule has 3 N–H and O–H groups in total. The Labute approximate surface area is 162 Å². The molecule has 144 valence electrons. The molecule has 2 aromatic carbocycles. The molecular weight excluding hydrogens is 360 g/mol. The number of carbonyl (C=O) groups excluding carboxylic acids is 1. The van der Waals surface area contributed by atoms with E-state index in [0.29, 0.717) is 30.4 Å². The normalized spacial score (nSPS) is 17.2. The van der Waals surface area contributed by atoms with Crippen molar-refractivity contribution in [3.63, 3.8) is 0 Å². The van der Waals surface area contributed by atoms with Crippen LogP contribution >= 0.6 is 0 Å². The number of rotatable bonds is 7. The van der Waals surface area contributed by atoms with Crippen LogP contribution in [0.15, 0.2) is 54.6 Å². The number of benzene rings is 2. The molecule has 1 amide bonds. The third-order valence-electron chi connectivity index (χ3n) is 4.77. The Balaban J connectivity index is 1.56. The summed E-state index contributed by atoms with van der Waals surface area (Å²) in [4.78, 5) is 12.4. The Kier molecular flexibility index (Phi) is 7.15. The van der Waals surface area contributed by atoms with Crippen LogP contribution in [-0.4, -0.2) is 29.4 Å². The van der Waals surface area contributed by atoms with E-state index in [4.69, 9.17) is 10.5 Å². The summed E-state index contributed by atoms with van der Waals surface area (Å²) in [5.74, 6) is 0.946. The Morgan fingerprint density at radius 3 is 2.48 bits per heavy atom. The molecule has 1 heterocycles. The molecule has 6 heteroatoms. The number of hydrogen-bond acceptors (Lipinski definition) is 4. The smallest absolute Gasteiger partial charge is 0.241 e. The van der Waals surface area contributed by atoms with Crippen molar-refractivity contribution in [2.24, 2.45) is 11.7 Å². The molecule has 0 bridgehead atoms. The largest absolute Gasteiger partial charge is 0.381 e. The molecule has 0 radical (unpaired) electrons. The van der Waals surface area contributed by atoms with Gasteiger partial charge in [-0.25, -0.2) is 0 Å². The SMILES string of the molecule is NC(C(=O)Nc1cccc(CS(=O)Cc2ccccc2)c1)C1CCOCC1. The molecule has 2 aromatic rings. The summed E-state index contributed by atoms with van der Waals surface area (Å²) in [7, 11) is -1.01. The second-order valence-electron chi connectivity index (χ2n) is 6.88. The summed E-state index contributed by atoms with van der Waals surface area (Å²) in [6.07, 6.45) is 1.63. The van der Waals surface area contributed by atoms with Gasteiger partial charge >= 0.3 is 0 Å². The van der Waals surface area contributed by atoms with Crippen LogP contribution in [0.25, 0.3) is 0 Å². The lowest BCUT2D eigenvalue weighted by Crippen LogP contribution is -2.44. The molecule has 0 spiro atoms.